The summed E-state index contributed by atoms with van der Waals surface area (Å²) in [6.45, 7) is 6.19. The molecule has 0 amide bonds. The van der Waals surface area contributed by atoms with Crippen LogP contribution in [-0.4, -0.2) is 11.0 Å². The first-order valence-corrected chi connectivity index (χ1v) is 7.61. The standard InChI is InChI=1S/C18H24N2O/c1-4-15(19)12-14-8-6-7-9-17(14)21-18-11-10-13(3)20-16(18)5-2/h6-11,15H,4-5,12,19H2,1-3H3. The minimum atomic E-state index is 0.163. The maximum atomic E-state index is 6.11. The van der Waals surface area contributed by atoms with Crippen molar-refractivity contribution in [3.8, 4) is 11.5 Å². The van der Waals surface area contributed by atoms with E-state index in [-0.39, 0.29) is 6.04 Å². The fraction of sp³-hybridized carbons (Fsp3) is 0.389. The molecule has 1 atom stereocenters. The summed E-state index contributed by atoms with van der Waals surface area (Å²) in [6, 6.07) is 12.2. The van der Waals surface area contributed by atoms with Gasteiger partial charge in [0.2, 0.25) is 0 Å². The quantitative estimate of drug-likeness (QED) is 0.871. The Morgan fingerprint density at radius 2 is 1.86 bits per heavy atom. The molecule has 0 saturated heterocycles. The van der Waals surface area contributed by atoms with Crippen LogP contribution < -0.4 is 10.5 Å². The van der Waals surface area contributed by atoms with Gasteiger partial charge in [-0.2, -0.15) is 0 Å². The molecule has 3 heteroatoms. The summed E-state index contributed by atoms with van der Waals surface area (Å²) in [7, 11) is 0. The summed E-state index contributed by atoms with van der Waals surface area (Å²) in [5.41, 5.74) is 9.23. The van der Waals surface area contributed by atoms with Crippen LogP contribution in [0.25, 0.3) is 0 Å². The average Bonchev–Trinajstić information content (AvgIpc) is 2.50. The van der Waals surface area contributed by atoms with Gasteiger partial charge in [-0.05, 0) is 49.9 Å². The van der Waals surface area contributed by atoms with Gasteiger partial charge in [-0.3, -0.25) is 4.98 Å². The Bertz CT molecular complexity index is 596. The summed E-state index contributed by atoms with van der Waals surface area (Å²) in [5.74, 6) is 1.71. The molecule has 0 bridgehead atoms. The van der Waals surface area contributed by atoms with Crippen LogP contribution in [0, 0.1) is 6.92 Å². The van der Waals surface area contributed by atoms with Crippen LogP contribution in [0.2, 0.25) is 0 Å². The van der Waals surface area contributed by atoms with Gasteiger partial charge in [0.15, 0.2) is 0 Å². The third-order valence-electron chi connectivity index (χ3n) is 3.61. The molecule has 0 aliphatic carbocycles. The van der Waals surface area contributed by atoms with Crippen molar-refractivity contribution < 1.29 is 4.74 Å². The van der Waals surface area contributed by atoms with E-state index in [1.54, 1.807) is 0 Å². The van der Waals surface area contributed by atoms with E-state index in [1.165, 1.54) is 0 Å². The fourth-order valence-corrected chi connectivity index (χ4v) is 2.26. The number of hydrogen-bond acceptors (Lipinski definition) is 3. The van der Waals surface area contributed by atoms with E-state index in [0.717, 1.165) is 47.7 Å². The van der Waals surface area contributed by atoms with Gasteiger partial charge < -0.3 is 10.5 Å². The second-order valence-electron chi connectivity index (χ2n) is 5.33. The number of rotatable bonds is 6. The van der Waals surface area contributed by atoms with Gasteiger partial charge in [0, 0.05) is 11.7 Å². The van der Waals surface area contributed by atoms with E-state index in [0.29, 0.717) is 0 Å². The molecule has 21 heavy (non-hydrogen) atoms. The molecule has 0 saturated carbocycles. The molecule has 1 aromatic heterocycles. The SMILES string of the molecule is CCc1nc(C)ccc1Oc1ccccc1CC(N)CC. The number of nitrogens with two attached hydrogens (primary N) is 1. The van der Waals surface area contributed by atoms with Gasteiger partial charge >= 0.3 is 0 Å². The highest BCUT2D eigenvalue weighted by atomic mass is 16.5. The van der Waals surface area contributed by atoms with Crippen molar-refractivity contribution >= 4 is 0 Å². The zero-order valence-corrected chi connectivity index (χ0v) is 13.1. The smallest absolute Gasteiger partial charge is 0.148 e. The number of nitrogens with zero attached hydrogens (tertiary/aromatic N) is 1. The molecule has 2 rings (SSSR count). The Labute approximate surface area is 127 Å². The Morgan fingerprint density at radius 3 is 2.57 bits per heavy atom. The Hall–Kier alpha value is -1.87. The zero-order valence-electron chi connectivity index (χ0n) is 13.1. The van der Waals surface area contributed by atoms with Gasteiger partial charge in [0.05, 0.1) is 5.69 Å². The molecule has 112 valence electrons. The van der Waals surface area contributed by atoms with E-state index >= 15 is 0 Å². The molecule has 0 aliphatic rings. The molecule has 0 fully saturated rings. The van der Waals surface area contributed by atoms with E-state index in [4.69, 9.17) is 10.5 Å². The molecular weight excluding hydrogens is 260 g/mol. The van der Waals surface area contributed by atoms with Crippen molar-refractivity contribution in [2.45, 2.75) is 46.1 Å². The third-order valence-corrected chi connectivity index (χ3v) is 3.61. The van der Waals surface area contributed by atoms with Gasteiger partial charge in [-0.15, -0.1) is 0 Å². The largest absolute Gasteiger partial charge is 0.455 e. The van der Waals surface area contributed by atoms with Crippen LogP contribution in [0.4, 0.5) is 0 Å². The lowest BCUT2D eigenvalue weighted by Crippen LogP contribution is -2.21. The normalized spacial score (nSPS) is 12.2. The number of ether oxygens (including phenoxy) is 1. The van der Waals surface area contributed by atoms with E-state index in [2.05, 4.69) is 24.9 Å². The first kappa shape index (κ1) is 15.5. The summed E-state index contributed by atoms with van der Waals surface area (Å²) < 4.78 is 6.11. The Morgan fingerprint density at radius 1 is 1.10 bits per heavy atom. The second-order valence-corrected chi connectivity index (χ2v) is 5.33. The van der Waals surface area contributed by atoms with Crippen molar-refractivity contribution in [3.05, 3.63) is 53.3 Å². The maximum absolute atomic E-state index is 6.11. The second kappa shape index (κ2) is 7.23. The highest BCUT2D eigenvalue weighted by Crippen LogP contribution is 2.28. The molecule has 0 aliphatic heterocycles. The van der Waals surface area contributed by atoms with Crippen LogP contribution in [0.3, 0.4) is 0 Å². The van der Waals surface area contributed by atoms with Crippen molar-refractivity contribution in [2.24, 2.45) is 5.73 Å². The minimum absolute atomic E-state index is 0.163. The topological polar surface area (TPSA) is 48.1 Å². The zero-order chi connectivity index (χ0) is 15.2. The molecular formula is C18H24N2O. The molecule has 1 heterocycles. The Kier molecular flexibility index (Phi) is 5.34. The summed E-state index contributed by atoms with van der Waals surface area (Å²) in [4.78, 5) is 4.54. The number of para-hydroxylation sites is 1. The average molecular weight is 284 g/mol. The van der Waals surface area contributed by atoms with Crippen LogP contribution >= 0.6 is 0 Å². The number of aromatic nitrogens is 1. The van der Waals surface area contributed by atoms with E-state index in [9.17, 15) is 0 Å². The van der Waals surface area contributed by atoms with Gasteiger partial charge in [0.1, 0.15) is 11.5 Å². The molecule has 3 nitrogen and oxygen atoms in total. The fourth-order valence-electron chi connectivity index (χ4n) is 2.26. The highest BCUT2D eigenvalue weighted by molar-refractivity contribution is 5.40. The van der Waals surface area contributed by atoms with E-state index in [1.807, 2.05) is 37.3 Å². The summed E-state index contributed by atoms with van der Waals surface area (Å²) in [6.07, 6.45) is 2.64. The number of hydrogen-bond donors (Lipinski definition) is 1. The first-order chi connectivity index (χ1) is 10.1. The van der Waals surface area contributed by atoms with Gasteiger partial charge in [-0.1, -0.05) is 32.0 Å². The molecule has 2 aromatic rings. The number of pyridine rings is 1. The lowest BCUT2D eigenvalue weighted by molar-refractivity contribution is 0.463. The molecule has 0 spiro atoms. The predicted octanol–water partition coefficient (Wildman–Crippen LogP) is 4.02. The molecule has 2 N–H and O–H groups in total. The third kappa shape index (κ3) is 4.05. The van der Waals surface area contributed by atoms with Crippen LogP contribution in [0.15, 0.2) is 36.4 Å². The van der Waals surface area contributed by atoms with Crippen molar-refractivity contribution in [3.63, 3.8) is 0 Å². The molecule has 1 unspecified atom stereocenters. The van der Waals surface area contributed by atoms with Gasteiger partial charge in [0.25, 0.3) is 0 Å². The summed E-state index contributed by atoms with van der Waals surface area (Å²) >= 11 is 0. The van der Waals surface area contributed by atoms with Crippen molar-refractivity contribution in [1.29, 1.82) is 0 Å². The lowest BCUT2D eigenvalue weighted by Gasteiger charge is -2.15. The lowest BCUT2D eigenvalue weighted by atomic mass is 10.0. The van der Waals surface area contributed by atoms with E-state index < -0.39 is 0 Å². The number of aryl methyl sites for hydroxylation is 2. The Balaban J connectivity index is 2.27. The van der Waals surface area contributed by atoms with Gasteiger partial charge in [-0.25, -0.2) is 0 Å². The van der Waals surface area contributed by atoms with Crippen LogP contribution in [0.1, 0.15) is 37.2 Å². The van der Waals surface area contributed by atoms with Crippen LogP contribution in [-0.2, 0) is 12.8 Å². The molecule has 0 radical (unpaired) electrons. The minimum Gasteiger partial charge on any atom is -0.455 e. The first-order valence-electron chi connectivity index (χ1n) is 7.61. The summed E-state index contributed by atoms with van der Waals surface area (Å²) in [5, 5.41) is 0. The number of benzene rings is 1. The van der Waals surface area contributed by atoms with Crippen molar-refractivity contribution in [2.75, 3.05) is 0 Å². The maximum Gasteiger partial charge on any atom is 0.148 e. The highest BCUT2D eigenvalue weighted by Gasteiger charge is 2.11. The molecule has 1 aromatic carbocycles. The monoisotopic (exact) mass is 284 g/mol. The van der Waals surface area contributed by atoms with Crippen molar-refractivity contribution in [1.82, 2.24) is 4.98 Å². The predicted molar refractivity (Wildman–Crippen MR) is 86.8 cm³/mol. The van der Waals surface area contributed by atoms with Crippen LogP contribution in [0.5, 0.6) is 11.5 Å².